The molecule has 2 unspecified atom stereocenters. The molecular weight excluding hydrogens is 510 g/mol. The van der Waals surface area contributed by atoms with E-state index in [1.165, 1.54) is 55.3 Å². The molecule has 0 saturated heterocycles. The van der Waals surface area contributed by atoms with Crippen molar-refractivity contribution < 1.29 is 9.59 Å². The summed E-state index contributed by atoms with van der Waals surface area (Å²) in [6.45, 7) is 0. The molecule has 0 amide bonds. The molecule has 3 aliphatic carbocycles. The summed E-state index contributed by atoms with van der Waals surface area (Å²) in [5.74, 6) is 0. The second-order valence-corrected chi connectivity index (χ2v) is 12.3. The fourth-order valence-electron chi connectivity index (χ4n) is 6.80. The Kier molecular flexibility index (Phi) is 5.05. The fraction of sp³-hybridized carbons (Fsp3) is 0.200. The Bertz CT molecular complexity index is 1830. The number of aromatic nitrogens is 4. The first-order valence-corrected chi connectivity index (χ1v) is 15.2. The van der Waals surface area contributed by atoms with Gasteiger partial charge in [-0.3, -0.25) is 9.59 Å². The highest BCUT2D eigenvalue weighted by atomic mass is 31.1. The highest BCUT2D eigenvalue weighted by Gasteiger charge is 2.28. The van der Waals surface area contributed by atoms with Gasteiger partial charge in [-0.05, 0) is 88.7 Å². The van der Waals surface area contributed by atoms with E-state index in [2.05, 4.69) is 46.4 Å². The molecule has 8 rings (SSSR count). The molecule has 0 fully saturated rings. The number of aryl methyl sites for hydroxylation is 4. The maximum Gasteiger partial charge on any atom is 0.146 e. The van der Waals surface area contributed by atoms with Gasteiger partial charge in [-0.25, -0.2) is 9.97 Å². The number of hydrogen-bond acceptors (Lipinski definition) is 4. The number of nitrogens with one attached hydrogen (secondary N) is 2. The first kappa shape index (κ1) is 22.5. The van der Waals surface area contributed by atoms with E-state index in [1.807, 2.05) is 0 Å². The summed E-state index contributed by atoms with van der Waals surface area (Å²) in [7, 11) is 0.144. The van der Waals surface area contributed by atoms with Crippen LogP contribution in [0.25, 0.3) is 44.4 Å². The molecule has 2 atom stereocenters. The molecule has 0 saturated carbocycles. The summed E-state index contributed by atoms with van der Waals surface area (Å²) >= 11 is 0. The zero-order valence-corrected chi connectivity index (χ0v) is 22.6. The van der Waals surface area contributed by atoms with Gasteiger partial charge in [-0.2, -0.15) is 0 Å². The first-order valence-electron chi connectivity index (χ1n) is 13.0. The molecule has 3 aliphatic rings. The van der Waals surface area contributed by atoms with Crippen molar-refractivity contribution in [1.82, 2.24) is 19.9 Å². The molecule has 0 spiro atoms. The van der Waals surface area contributed by atoms with Crippen molar-refractivity contribution in [2.75, 3.05) is 0 Å². The van der Waals surface area contributed by atoms with E-state index in [-0.39, 0.29) is 17.2 Å². The molecular formula is C30H24N4O2P2. The van der Waals surface area contributed by atoms with Crippen LogP contribution >= 0.6 is 17.2 Å². The maximum absolute atomic E-state index is 11.0. The Balaban J connectivity index is 1.24. The van der Waals surface area contributed by atoms with Gasteiger partial charge in [0.1, 0.15) is 23.2 Å². The van der Waals surface area contributed by atoms with Crippen LogP contribution in [0, 0.1) is 0 Å². The maximum atomic E-state index is 11.0. The number of benzene rings is 3. The van der Waals surface area contributed by atoms with Crippen LogP contribution in [0.2, 0.25) is 0 Å². The fourth-order valence-corrected chi connectivity index (χ4v) is 7.82. The van der Waals surface area contributed by atoms with Gasteiger partial charge < -0.3 is 9.97 Å². The third-order valence-electron chi connectivity index (χ3n) is 8.43. The summed E-state index contributed by atoms with van der Waals surface area (Å²) in [4.78, 5) is 38.4. The van der Waals surface area contributed by atoms with Crippen LogP contribution in [0.1, 0.15) is 33.6 Å². The number of H-pyrrole nitrogens is 2. The summed E-state index contributed by atoms with van der Waals surface area (Å²) in [6.07, 6.45) is 5.92. The van der Waals surface area contributed by atoms with E-state index in [0.717, 1.165) is 84.5 Å². The first-order chi connectivity index (χ1) is 18.7. The van der Waals surface area contributed by atoms with Gasteiger partial charge in [0.05, 0.1) is 11.4 Å². The van der Waals surface area contributed by atoms with Crippen molar-refractivity contribution in [2.45, 2.75) is 38.5 Å². The van der Waals surface area contributed by atoms with Crippen LogP contribution in [0.3, 0.4) is 0 Å². The number of aromatic amines is 2. The van der Waals surface area contributed by atoms with Gasteiger partial charge in [0, 0.05) is 39.7 Å². The average molecular weight is 534 g/mol. The standard InChI is InChI=1S/C30H24N4O2P2/c35-13-37-29-32-26-10-8-20-21(27(26)33-29)4-2-16-11-23-15(12-24(16)20)1-3-17-18-7-9-25-28(22(18)6-5-19(17)23)34-30(31-25)38-14-36/h2,4-6,11-14,37-38H,1,3,7-10H2,(H,31,34)(H,32,33). The average Bonchev–Trinajstić information content (AvgIpc) is 3.55. The Labute approximate surface area is 222 Å². The van der Waals surface area contributed by atoms with Crippen molar-refractivity contribution in [3.8, 4) is 33.6 Å². The second kappa shape index (κ2) is 8.53. The summed E-state index contributed by atoms with van der Waals surface area (Å²) in [5, 5.41) is 2.61. The van der Waals surface area contributed by atoms with Gasteiger partial charge in [-0.1, -0.05) is 30.3 Å². The van der Waals surface area contributed by atoms with Crippen molar-refractivity contribution in [1.29, 1.82) is 0 Å². The zero-order valence-electron chi connectivity index (χ0n) is 20.6. The van der Waals surface area contributed by atoms with Crippen molar-refractivity contribution in [3.63, 3.8) is 0 Å². The smallest absolute Gasteiger partial charge is 0.146 e. The Hall–Kier alpha value is -3.46. The van der Waals surface area contributed by atoms with Gasteiger partial charge >= 0.3 is 0 Å². The molecule has 8 heteroatoms. The topological polar surface area (TPSA) is 91.5 Å². The number of carbonyl (C=O) groups is 2. The molecule has 0 bridgehead atoms. The molecule has 5 aromatic rings. The third-order valence-corrected chi connectivity index (χ3v) is 9.69. The van der Waals surface area contributed by atoms with Gasteiger partial charge in [0.15, 0.2) is 0 Å². The molecule has 0 radical (unpaired) electrons. The number of nitrogens with zero attached hydrogens (tertiary/aromatic N) is 2. The van der Waals surface area contributed by atoms with Crippen LogP contribution in [0.4, 0.5) is 0 Å². The highest BCUT2D eigenvalue weighted by molar-refractivity contribution is 7.62. The van der Waals surface area contributed by atoms with Crippen LogP contribution in [0.5, 0.6) is 0 Å². The lowest BCUT2D eigenvalue weighted by Gasteiger charge is -2.27. The molecule has 6 nitrogen and oxygen atoms in total. The molecule has 186 valence electrons. The lowest BCUT2D eigenvalue weighted by molar-refractivity contribution is 0.569. The molecule has 2 aromatic heterocycles. The Morgan fingerprint density at radius 2 is 1.21 bits per heavy atom. The van der Waals surface area contributed by atoms with Gasteiger partial charge in [0.25, 0.3) is 0 Å². The van der Waals surface area contributed by atoms with Crippen LogP contribution in [0.15, 0.2) is 36.4 Å². The number of carbonyl (C=O) groups excluding carboxylic acids is 2. The number of fused-ring (bicyclic) bond motifs is 12. The van der Waals surface area contributed by atoms with Crippen LogP contribution in [-0.2, 0) is 48.1 Å². The van der Waals surface area contributed by atoms with E-state index >= 15 is 0 Å². The molecule has 2 N–H and O–H groups in total. The summed E-state index contributed by atoms with van der Waals surface area (Å²) < 4.78 is 0. The summed E-state index contributed by atoms with van der Waals surface area (Å²) in [6, 6.07) is 15.7. The number of rotatable bonds is 4. The predicted molar refractivity (Wildman–Crippen MR) is 156 cm³/mol. The van der Waals surface area contributed by atoms with E-state index in [1.54, 1.807) is 0 Å². The summed E-state index contributed by atoms with van der Waals surface area (Å²) in [5.41, 5.74) is 16.7. The van der Waals surface area contributed by atoms with Crippen molar-refractivity contribution in [3.05, 3.63) is 70.0 Å². The van der Waals surface area contributed by atoms with E-state index < -0.39 is 0 Å². The Morgan fingerprint density at radius 3 is 1.92 bits per heavy atom. The Morgan fingerprint density at radius 1 is 0.632 bits per heavy atom. The number of imidazole rings is 2. The zero-order chi connectivity index (χ0) is 25.4. The third kappa shape index (κ3) is 3.27. The minimum absolute atomic E-state index is 0.0695. The largest absolute Gasteiger partial charge is 0.341 e. The highest BCUT2D eigenvalue weighted by Crippen LogP contribution is 2.44. The lowest BCUT2D eigenvalue weighted by Crippen LogP contribution is -2.13. The van der Waals surface area contributed by atoms with E-state index in [4.69, 9.17) is 9.97 Å². The second-order valence-electron chi connectivity index (χ2n) is 10.3. The normalized spacial score (nSPS) is 15.3. The van der Waals surface area contributed by atoms with Crippen LogP contribution in [-0.4, -0.2) is 32.0 Å². The van der Waals surface area contributed by atoms with Crippen molar-refractivity contribution in [2.24, 2.45) is 0 Å². The molecule has 0 aliphatic heterocycles. The molecule has 3 aromatic carbocycles. The van der Waals surface area contributed by atoms with Gasteiger partial charge in [-0.15, -0.1) is 0 Å². The SMILES string of the molecule is O=CPc1nc2c([nH]1)CCc1c-2ccc2c1CCc1cc3c4c(ccc3cc1-2)-c1nc(PC=O)[nH]c1CC4. The van der Waals surface area contributed by atoms with Crippen LogP contribution < -0.4 is 11.1 Å². The van der Waals surface area contributed by atoms with Gasteiger partial charge in [0.2, 0.25) is 0 Å². The predicted octanol–water partition coefficient (Wildman–Crippen LogP) is 4.57. The monoisotopic (exact) mass is 534 g/mol. The van der Waals surface area contributed by atoms with Crippen molar-refractivity contribution >= 4 is 51.1 Å². The molecule has 2 heterocycles. The number of hydrogen-bond donors (Lipinski definition) is 2. The molecule has 38 heavy (non-hydrogen) atoms. The quantitative estimate of drug-likeness (QED) is 0.261. The van der Waals surface area contributed by atoms with E-state index in [9.17, 15) is 9.59 Å². The minimum atomic E-state index is 0.0695. The van der Waals surface area contributed by atoms with E-state index in [0.29, 0.717) is 0 Å². The lowest BCUT2D eigenvalue weighted by atomic mass is 9.77. The minimum Gasteiger partial charge on any atom is -0.341 e.